The van der Waals surface area contributed by atoms with Gasteiger partial charge >= 0.3 is 170 Å². The van der Waals surface area contributed by atoms with Crippen molar-refractivity contribution in [2.75, 3.05) is 0 Å². The number of aliphatic hydroxyl groups excluding tert-OH is 1. The molecular formula is C24H50OSn. The fourth-order valence-electron chi connectivity index (χ4n) is 5.72. The third kappa shape index (κ3) is 8.01. The van der Waals surface area contributed by atoms with Crippen LogP contribution >= 0.6 is 0 Å². The van der Waals surface area contributed by atoms with Crippen LogP contribution in [0.4, 0.5) is 0 Å². The molecule has 2 atom stereocenters. The van der Waals surface area contributed by atoms with E-state index >= 15 is 0 Å². The Morgan fingerprint density at radius 3 is 1.65 bits per heavy atom. The first kappa shape index (κ1) is 24.8. The maximum absolute atomic E-state index is 11.2. The van der Waals surface area contributed by atoms with Crippen molar-refractivity contribution >= 4 is 18.4 Å². The van der Waals surface area contributed by atoms with E-state index in [0.717, 1.165) is 16.3 Å². The summed E-state index contributed by atoms with van der Waals surface area (Å²) in [5.41, 5.74) is 0. The molecule has 0 heterocycles. The SMILES string of the molecule is CCC[CH2][Sn]([CH2]CCC)([CH2]CCC)[C@H](C[C@H](O)C1CCCCC1)C(C)C. The Labute approximate surface area is 170 Å². The molecule has 1 nitrogen and oxygen atoms in total. The molecule has 26 heavy (non-hydrogen) atoms. The Bertz CT molecular complexity index is 313. The molecule has 0 bridgehead atoms. The van der Waals surface area contributed by atoms with Gasteiger partial charge in [0.05, 0.1) is 0 Å². The second-order valence-electron chi connectivity index (χ2n) is 9.72. The zero-order valence-corrected chi connectivity index (χ0v) is 21.7. The van der Waals surface area contributed by atoms with Crippen LogP contribution in [0, 0.1) is 11.8 Å². The van der Waals surface area contributed by atoms with Crippen molar-refractivity contribution in [3.8, 4) is 0 Å². The standard InChI is InChI=1S/C12H23O.3C4H9.Sn/c1-10(2)8-9-12(13)11-6-4-3-5-7-11;3*1-3-4-2;/h8,10-13H,3-7,9H2,1-2H3;3*1,3-4H2,2H3;/t12-;;;;/m0..../s1. The Morgan fingerprint density at radius 2 is 1.27 bits per heavy atom. The van der Waals surface area contributed by atoms with Gasteiger partial charge in [-0.15, -0.1) is 0 Å². The molecule has 1 N–H and O–H groups in total. The molecule has 0 saturated heterocycles. The third-order valence-corrected chi connectivity index (χ3v) is 26.0. The first-order valence-electron chi connectivity index (χ1n) is 12.2. The zero-order valence-electron chi connectivity index (χ0n) is 18.9. The molecule has 1 aliphatic carbocycles. The molecule has 0 aromatic heterocycles. The summed E-state index contributed by atoms with van der Waals surface area (Å²) in [6, 6.07) is 0. The zero-order chi connectivity index (χ0) is 19.4. The molecule has 0 amide bonds. The third-order valence-electron chi connectivity index (χ3n) is 7.37. The van der Waals surface area contributed by atoms with Gasteiger partial charge in [0.1, 0.15) is 0 Å². The number of hydrogen-bond donors (Lipinski definition) is 1. The van der Waals surface area contributed by atoms with Crippen LogP contribution < -0.4 is 0 Å². The van der Waals surface area contributed by atoms with Gasteiger partial charge in [-0.25, -0.2) is 0 Å². The first-order valence-corrected chi connectivity index (χ1v) is 19.9. The van der Waals surface area contributed by atoms with E-state index in [1.54, 1.807) is 13.3 Å². The summed E-state index contributed by atoms with van der Waals surface area (Å²) in [5, 5.41) is 11.2. The Morgan fingerprint density at radius 1 is 0.808 bits per heavy atom. The molecule has 1 aliphatic rings. The van der Waals surface area contributed by atoms with E-state index in [1.165, 1.54) is 70.6 Å². The molecule has 0 aromatic carbocycles. The van der Waals surface area contributed by atoms with Crippen LogP contribution in [0.1, 0.15) is 112 Å². The summed E-state index contributed by atoms with van der Waals surface area (Å²) < 4.78 is 5.66. The van der Waals surface area contributed by atoms with Crippen LogP contribution in [0.25, 0.3) is 0 Å². The van der Waals surface area contributed by atoms with E-state index in [4.69, 9.17) is 0 Å². The van der Waals surface area contributed by atoms with E-state index in [0.29, 0.717) is 5.92 Å². The van der Waals surface area contributed by atoms with Crippen molar-refractivity contribution in [1.29, 1.82) is 0 Å². The van der Waals surface area contributed by atoms with Gasteiger partial charge in [0.25, 0.3) is 0 Å². The second kappa shape index (κ2) is 13.9. The summed E-state index contributed by atoms with van der Waals surface area (Å²) in [5.74, 6) is 1.38. The number of aliphatic hydroxyl groups is 1. The molecule has 156 valence electrons. The predicted octanol–water partition coefficient (Wildman–Crippen LogP) is 8.19. The van der Waals surface area contributed by atoms with Crippen LogP contribution in [0.5, 0.6) is 0 Å². The monoisotopic (exact) mass is 474 g/mol. The molecule has 0 aliphatic heterocycles. The predicted molar refractivity (Wildman–Crippen MR) is 121 cm³/mol. The number of rotatable bonds is 14. The van der Waals surface area contributed by atoms with E-state index in [-0.39, 0.29) is 6.10 Å². The molecule has 1 fully saturated rings. The Kier molecular flexibility index (Phi) is 13.2. The fourth-order valence-corrected chi connectivity index (χ4v) is 26.2. The van der Waals surface area contributed by atoms with Crippen molar-refractivity contribution < 1.29 is 5.11 Å². The molecular weight excluding hydrogens is 423 g/mol. The van der Waals surface area contributed by atoms with Crippen molar-refractivity contribution in [2.24, 2.45) is 11.8 Å². The molecule has 1 saturated carbocycles. The maximum atomic E-state index is 11.2. The van der Waals surface area contributed by atoms with E-state index < -0.39 is 18.4 Å². The van der Waals surface area contributed by atoms with Gasteiger partial charge in [0.15, 0.2) is 0 Å². The molecule has 0 unspecified atom stereocenters. The van der Waals surface area contributed by atoms with Gasteiger partial charge < -0.3 is 0 Å². The van der Waals surface area contributed by atoms with Crippen LogP contribution in [-0.2, 0) is 0 Å². The first-order chi connectivity index (χ1) is 12.5. The average molecular weight is 473 g/mol. The van der Waals surface area contributed by atoms with Crippen molar-refractivity contribution in [2.45, 2.75) is 135 Å². The summed E-state index contributed by atoms with van der Waals surface area (Å²) in [4.78, 5) is 0. The fraction of sp³-hybridized carbons (Fsp3) is 1.00. The minimum atomic E-state index is -2.26. The normalized spacial score (nSPS) is 19.0. The van der Waals surface area contributed by atoms with E-state index in [9.17, 15) is 5.11 Å². The number of unbranched alkanes of at least 4 members (excludes halogenated alkanes) is 3. The molecule has 1 rings (SSSR count). The van der Waals surface area contributed by atoms with Crippen LogP contribution in [-0.4, -0.2) is 29.6 Å². The van der Waals surface area contributed by atoms with Gasteiger partial charge in [-0.3, -0.25) is 0 Å². The van der Waals surface area contributed by atoms with Crippen LogP contribution in [0.15, 0.2) is 0 Å². The van der Waals surface area contributed by atoms with E-state index in [1.807, 2.05) is 0 Å². The van der Waals surface area contributed by atoms with Crippen molar-refractivity contribution in [3.05, 3.63) is 0 Å². The van der Waals surface area contributed by atoms with Gasteiger partial charge in [0.2, 0.25) is 0 Å². The van der Waals surface area contributed by atoms with Gasteiger partial charge in [-0.1, -0.05) is 0 Å². The molecule has 0 radical (unpaired) electrons. The Balaban J connectivity index is 2.97. The Hall–Kier alpha value is 0.759. The molecule has 0 aromatic rings. The topological polar surface area (TPSA) is 20.2 Å². The minimum absolute atomic E-state index is 0.0105. The van der Waals surface area contributed by atoms with Crippen LogP contribution in [0.2, 0.25) is 17.2 Å². The van der Waals surface area contributed by atoms with Crippen molar-refractivity contribution in [3.63, 3.8) is 0 Å². The second-order valence-corrected chi connectivity index (χ2v) is 23.9. The average Bonchev–Trinajstić information content (AvgIpc) is 2.66. The summed E-state index contributed by atoms with van der Waals surface area (Å²) >= 11 is -2.26. The summed E-state index contributed by atoms with van der Waals surface area (Å²) in [7, 11) is 0. The van der Waals surface area contributed by atoms with Gasteiger partial charge in [-0.2, -0.15) is 0 Å². The number of hydrogen-bond acceptors (Lipinski definition) is 1. The van der Waals surface area contributed by atoms with Gasteiger partial charge in [0, 0.05) is 0 Å². The summed E-state index contributed by atoms with van der Waals surface area (Å²) in [6.45, 7) is 12.1. The van der Waals surface area contributed by atoms with Crippen molar-refractivity contribution in [1.82, 2.24) is 0 Å². The molecule has 2 heteroatoms. The molecule has 0 spiro atoms. The van der Waals surface area contributed by atoms with Crippen LogP contribution in [0.3, 0.4) is 0 Å². The summed E-state index contributed by atoms with van der Waals surface area (Å²) in [6.07, 6.45) is 16.2. The quantitative estimate of drug-likeness (QED) is 0.252. The van der Waals surface area contributed by atoms with Gasteiger partial charge in [-0.05, 0) is 0 Å². The van der Waals surface area contributed by atoms with E-state index in [2.05, 4.69) is 34.6 Å².